The summed E-state index contributed by atoms with van der Waals surface area (Å²) in [6.45, 7) is 6.89. The number of halogens is 1. The molecule has 1 saturated heterocycles. The molecule has 4 nitrogen and oxygen atoms in total. The van der Waals surface area contributed by atoms with E-state index in [0.29, 0.717) is 24.3 Å². The first kappa shape index (κ1) is 19.7. The van der Waals surface area contributed by atoms with Gasteiger partial charge in [0.05, 0.1) is 6.54 Å². The van der Waals surface area contributed by atoms with Crippen LogP contribution in [-0.2, 0) is 0 Å². The Morgan fingerprint density at radius 1 is 1.22 bits per heavy atom. The van der Waals surface area contributed by atoms with E-state index in [2.05, 4.69) is 0 Å². The molecule has 5 heteroatoms. The van der Waals surface area contributed by atoms with Gasteiger partial charge in [-0.1, -0.05) is 29.3 Å². The minimum atomic E-state index is -1.06. The standard InChI is InChI=1S/C22H26ClNO3/c1-15-6-4-7-18(10-15)21(25)24-9-5-8-22(26,13-24)14-27-19-11-16(2)20(23)17(3)12-19/h4,6-7,10-12,26H,5,8-9,13-14H2,1-3H3. The van der Waals surface area contributed by atoms with E-state index in [-0.39, 0.29) is 19.1 Å². The first-order valence-corrected chi connectivity index (χ1v) is 9.63. The monoisotopic (exact) mass is 387 g/mol. The number of likely N-dealkylation sites (tertiary alicyclic amines) is 1. The molecule has 0 aromatic heterocycles. The van der Waals surface area contributed by atoms with Gasteiger partial charge in [0.15, 0.2) is 0 Å². The molecule has 1 amide bonds. The van der Waals surface area contributed by atoms with E-state index >= 15 is 0 Å². The van der Waals surface area contributed by atoms with Crippen LogP contribution in [0.4, 0.5) is 0 Å². The van der Waals surface area contributed by atoms with Gasteiger partial charge in [0, 0.05) is 17.1 Å². The van der Waals surface area contributed by atoms with Crippen molar-refractivity contribution in [3.63, 3.8) is 0 Å². The van der Waals surface area contributed by atoms with Crippen LogP contribution in [0.25, 0.3) is 0 Å². The summed E-state index contributed by atoms with van der Waals surface area (Å²) in [5.74, 6) is 0.639. The number of hydrogen-bond donors (Lipinski definition) is 1. The Balaban J connectivity index is 1.68. The van der Waals surface area contributed by atoms with Crippen molar-refractivity contribution < 1.29 is 14.6 Å². The van der Waals surface area contributed by atoms with Crippen molar-refractivity contribution in [1.29, 1.82) is 0 Å². The number of hydrogen-bond acceptors (Lipinski definition) is 3. The number of carbonyl (C=O) groups excluding carboxylic acids is 1. The van der Waals surface area contributed by atoms with Gasteiger partial charge in [-0.25, -0.2) is 0 Å². The second-order valence-corrected chi connectivity index (χ2v) is 7.96. The third-order valence-corrected chi connectivity index (χ3v) is 5.62. The van der Waals surface area contributed by atoms with Crippen molar-refractivity contribution in [3.8, 4) is 5.75 Å². The van der Waals surface area contributed by atoms with Crippen molar-refractivity contribution in [2.75, 3.05) is 19.7 Å². The minimum Gasteiger partial charge on any atom is -0.491 e. The molecule has 0 spiro atoms. The molecule has 1 aliphatic heterocycles. The molecule has 2 aromatic rings. The normalized spacial score (nSPS) is 19.8. The molecule has 1 unspecified atom stereocenters. The van der Waals surface area contributed by atoms with Crippen molar-refractivity contribution in [2.24, 2.45) is 0 Å². The van der Waals surface area contributed by atoms with Crippen LogP contribution in [0, 0.1) is 20.8 Å². The van der Waals surface area contributed by atoms with Crippen LogP contribution >= 0.6 is 11.6 Å². The number of nitrogens with zero attached hydrogens (tertiary/aromatic N) is 1. The molecule has 0 saturated carbocycles. The largest absolute Gasteiger partial charge is 0.491 e. The maximum absolute atomic E-state index is 12.8. The van der Waals surface area contributed by atoms with Gasteiger partial charge < -0.3 is 14.7 Å². The molecule has 1 N–H and O–H groups in total. The molecule has 0 aliphatic carbocycles. The van der Waals surface area contributed by atoms with E-state index in [9.17, 15) is 9.90 Å². The van der Waals surface area contributed by atoms with Crippen molar-refractivity contribution in [2.45, 2.75) is 39.2 Å². The summed E-state index contributed by atoms with van der Waals surface area (Å²) < 4.78 is 5.87. The van der Waals surface area contributed by atoms with Crippen LogP contribution in [0.2, 0.25) is 5.02 Å². The van der Waals surface area contributed by atoms with Gasteiger partial charge in [-0.15, -0.1) is 0 Å². The summed E-state index contributed by atoms with van der Waals surface area (Å²) in [5.41, 5.74) is 2.53. The zero-order valence-electron chi connectivity index (χ0n) is 16.1. The zero-order chi connectivity index (χ0) is 19.6. The third kappa shape index (κ3) is 4.63. The molecule has 1 aliphatic rings. The Morgan fingerprint density at radius 2 is 1.93 bits per heavy atom. The van der Waals surface area contributed by atoms with Gasteiger partial charge >= 0.3 is 0 Å². The molecule has 27 heavy (non-hydrogen) atoms. The van der Waals surface area contributed by atoms with E-state index < -0.39 is 5.60 Å². The topological polar surface area (TPSA) is 49.8 Å². The number of rotatable bonds is 4. The zero-order valence-corrected chi connectivity index (χ0v) is 16.8. The second kappa shape index (κ2) is 7.91. The lowest BCUT2D eigenvalue weighted by Gasteiger charge is -2.39. The number of benzene rings is 2. The average Bonchev–Trinajstić information content (AvgIpc) is 2.64. The molecule has 1 heterocycles. The Labute approximate surface area is 165 Å². The quantitative estimate of drug-likeness (QED) is 0.850. The van der Waals surface area contributed by atoms with Crippen LogP contribution in [0.1, 0.15) is 39.9 Å². The molecule has 3 rings (SSSR count). The minimum absolute atomic E-state index is 0.0463. The van der Waals surface area contributed by atoms with E-state index in [4.69, 9.17) is 16.3 Å². The molecule has 144 valence electrons. The lowest BCUT2D eigenvalue weighted by Crippen LogP contribution is -2.53. The Hall–Kier alpha value is -2.04. The number of β-amino-alcohol motifs (C(OH)–C–C–N with tert-alkyl or cyclic N) is 1. The average molecular weight is 388 g/mol. The highest BCUT2D eigenvalue weighted by atomic mass is 35.5. The van der Waals surface area contributed by atoms with Crippen LogP contribution in [-0.4, -0.2) is 41.2 Å². The fourth-order valence-corrected chi connectivity index (χ4v) is 3.68. The van der Waals surface area contributed by atoms with Crippen LogP contribution < -0.4 is 4.74 Å². The fourth-order valence-electron chi connectivity index (χ4n) is 3.57. The summed E-state index contributed by atoms with van der Waals surface area (Å²) in [5, 5.41) is 11.7. The van der Waals surface area contributed by atoms with E-state index in [1.807, 2.05) is 57.2 Å². The van der Waals surface area contributed by atoms with Gasteiger partial charge in [0.2, 0.25) is 0 Å². The number of ether oxygens (including phenoxy) is 1. The van der Waals surface area contributed by atoms with Gasteiger partial charge in [-0.3, -0.25) is 4.79 Å². The highest BCUT2D eigenvalue weighted by Gasteiger charge is 2.36. The predicted molar refractivity (Wildman–Crippen MR) is 108 cm³/mol. The second-order valence-electron chi connectivity index (χ2n) is 7.58. The van der Waals surface area contributed by atoms with Gasteiger partial charge in [0.25, 0.3) is 5.91 Å². The van der Waals surface area contributed by atoms with Crippen molar-refractivity contribution in [3.05, 3.63) is 63.7 Å². The van der Waals surface area contributed by atoms with E-state index in [0.717, 1.165) is 28.1 Å². The summed E-state index contributed by atoms with van der Waals surface area (Å²) in [4.78, 5) is 14.5. The molecular weight excluding hydrogens is 362 g/mol. The molecular formula is C22H26ClNO3. The Morgan fingerprint density at radius 3 is 2.59 bits per heavy atom. The van der Waals surface area contributed by atoms with Gasteiger partial charge in [0.1, 0.15) is 18.0 Å². The van der Waals surface area contributed by atoms with E-state index in [1.165, 1.54) is 0 Å². The summed E-state index contributed by atoms with van der Waals surface area (Å²) in [6.07, 6.45) is 1.35. The Kier molecular flexibility index (Phi) is 5.78. The van der Waals surface area contributed by atoms with Gasteiger partial charge in [-0.05, 0) is 69.0 Å². The van der Waals surface area contributed by atoms with Crippen LogP contribution in [0.15, 0.2) is 36.4 Å². The van der Waals surface area contributed by atoms with Crippen molar-refractivity contribution in [1.82, 2.24) is 4.90 Å². The number of amides is 1. The lowest BCUT2D eigenvalue weighted by molar-refractivity contribution is -0.0532. The van der Waals surface area contributed by atoms with Crippen molar-refractivity contribution >= 4 is 17.5 Å². The van der Waals surface area contributed by atoms with Crippen LogP contribution in [0.5, 0.6) is 5.75 Å². The summed E-state index contributed by atoms with van der Waals surface area (Å²) in [6, 6.07) is 11.3. The molecule has 2 aromatic carbocycles. The molecule has 1 atom stereocenters. The van der Waals surface area contributed by atoms with E-state index in [1.54, 1.807) is 4.90 Å². The maximum atomic E-state index is 12.8. The smallest absolute Gasteiger partial charge is 0.253 e. The number of carbonyl (C=O) groups is 1. The predicted octanol–water partition coefficient (Wildman–Crippen LogP) is 4.31. The fraction of sp³-hybridized carbons (Fsp3) is 0.409. The first-order chi connectivity index (χ1) is 12.8. The Bertz CT molecular complexity index is 828. The maximum Gasteiger partial charge on any atom is 0.253 e. The number of piperidine rings is 1. The van der Waals surface area contributed by atoms with Gasteiger partial charge in [-0.2, -0.15) is 0 Å². The third-order valence-electron chi connectivity index (χ3n) is 5.03. The molecule has 0 bridgehead atoms. The molecule has 0 radical (unpaired) electrons. The van der Waals surface area contributed by atoms with Crippen LogP contribution in [0.3, 0.4) is 0 Å². The highest BCUT2D eigenvalue weighted by Crippen LogP contribution is 2.28. The number of aliphatic hydroxyl groups is 1. The highest BCUT2D eigenvalue weighted by molar-refractivity contribution is 6.32. The summed E-state index contributed by atoms with van der Waals surface area (Å²) >= 11 is 6.20. The SMILES string of the molecule is Cc1cccc(C(=O)N2CCCC(O)(COc3cc(C)c(Cl)c(C)c3)C2)c1. The summed E-state index contributed by atoms with van der Waals surface area (Å²) in [7, 11) is 0. The lowest BCUT2D eigenvalue weighted by atomic mass is 9.93. The molecule has 1 fully saturated rings. The number of aryl methyl sites for hydroxylation is 3. The first-order valence-electron chi connectivity index (χ1n) is 9.25.